The average molecular weight is 264 g/mol. The molecule has 1 aliphatic heterocycles. The van der Waals surface area contributed by atoms with E-state index in [9.17, 15) is 8.42 Å². The van der Waals surface area contributed by atoms with Gasteiger partial charge in [-0.25, -0.2) is 8.42 Å². The van der Waals surface area contributed by atoms with E-state index in [4.69, 9.17) is 4.74 Å². The maximum Gasteiger partial charge on any atom is 0.214 e. The summed E-state index contributed by atoms with van der Waals surface area (Å²) in [6.07, 6.45) is 0.693. The molecule has 0 saturated carbocycles. The Morgan fingerprint density at radius 1 is 1.47 bits per heavy atom. The molecule has 1 N–H and O–H groups in total. The minimum atomic E-state index is -3.10. The van der Waals surface area contributed by atoms with Gasteiger partial charge in [0.05, 0.1) is 18.5 Å². The van der Waals surface area contributed by atoms with Crippen LogP contribution < -0.4 is 5.32 Å². The Morgan fingerprint density at radius 3 is 2.76 bits per heavy atom. The summed E-state index contributed by atoms with van der Waals surface area (Å²) in [5.74, 6) is 0.663. The third-order valence-electron chi connectivity index (χ3n) is 2.88. The van der Waals surface area contributed by atoms with E-state index in [1.54, 1.807) is 4.31 Å². The molecule has 5 nitrogen and oxygen atoms in total. The highest BCUT2D eigenvalue weighted by atomic mass is 32.2. The van der Waals surface area contributed by atoms with Gasteiger partial charge in [0.1, 0.15) is 0 Å². The molecule has 1 atom stereocenters. The van der Waals surface area contributed by atoms with Crippen LogP contribution in [0.15, 0.2) is 0 Å². The predicted octanol–water partition coefficient (Wildman–Crippen LogP) is 0.282. The van der Waals surface area contributed by atoms with Crippen molar-refractivity contribution in [3.8, 4) is 0 Å². The van der Waals surface area contributed by atoms with Crippen molar-refractivity contribution in [1.29, 1.82) is 0 Å². The van der Waals surface area contributed by atoms with Gasteiger partial charge in [-0.1, -0.05) is 13.8 Å². The van der Waals surface area contributed by atoms with Gasteiger partial charge in [-0.15, -0.1) is 0 Å². The molecule has 1 saturated heterocycles. The second-order valence-corrected chi connectivity index (χ2v) is 7.00. The summed E-state index contributed by atoms with van der Waals surface area (Å²) in [4.78, 5) is 0. The van der Waals surface area contributed by atoms with Gasteiger partial charge in [-0.3, -0.25) is 0 Å². The van der Waals surface area contributed by atoms with Gasteiger partial charge in [0, 0.05) is 19.6 Å². The molecule has 1 aliphatic rings. The Balaban J connectivity index is 2.52. The summed E-state index contributed by atoms with van der Waals surface area (Å²) in [6.45, 7) is 6.22. The first kappa shape index (κ1) is 14.9. The summed E-state index contributed by atoms with van der Waals surface area (Å²) in [6, 6.07) is 0. The van der Waals surface area contributed by atoms with E-state index < -0.39 is 10.0 Å². The van der Waals surface area contributed by atoms with Crippen LogP contribution in [0.3, 0.4) is 0 Å². The molecule has 0 aromatic heterocycles. The maximum absolute atomic E-state index is 12.1. The highest BCUT2D eigenvalue weighted by Crippen LogP contribution is 2.13. The molecule has 0 aliphatic carbocycles. The Kier molecular flexibility index (Phi) is 5.85. The lowest BCUT2D eigenvalue weighted by atomic mass is 10.2. The molecule has 0 bridgehead atoms. The predicted molar refractivity (Wildman–Crippen MR) is 68.5 cm³/mol. The smallest absolute Gasteiger partial charge is 0.214 e. The lowest BCUT2D eigenvalue weighted by Gasteiger charge is -2.32. The number of hydrogen-bond donors (Lipinski definition) is 1. The lowest BCUT2D eigenvalue weighted by molar-refractivity contribution is 0.000813. The van der Waals surface area contributed by atoms with Crippen LogP contribution in [0.4, 0.5) is 0 Å². The summed E-state index contributed by atoms with van der Waals surface area (Å²) < 4.78 is 31.3. The zero-order valence-electron chi connectivity index (χ0n) is 11.0. The maximum atomic E-state index is 12.1. The van der Waals surface area contributed by atoms with Gasteiger partial charge < -0.3 is 10.1 Å². The normalized spacial score (nSPS) is 23.2. The van der Waals surface area contributed by atoms with Crippen molar-refractivity contribution in [1.82, 2.24) is 9.62 Å². The Hall–Kier alpha value is -0.170. The van der Waals surface area contributed by atoms with E-state index in [2.05, 4.69) is 5.32 Å². The molecule has 0 amide bonds. The number of nitrogens with one attached hydrogen (secondary N) is 1. The number of hydrogen-bond acceptors (Lipinski definition) is 4. The highest BCUT2D eigenvalue weighted by molar-refractivity contribution is 7.89. The monoisotopic (exact) mass is 264 g/mol. The number of morpholine rings is 1. The van der Waals surface area contributed by atoms with Gasteiger partial charge in [0.15, 0.2) is 0 Å². The molecule has 1 unspecified atom stereocenters. The van der Waals surface area contributed by atoms with Gasteiger partial charge in [0.2, 0.25) is 10.0 Å². The summed E-state index contributed by atoms with van der Waals surface area (Å²) >= 11 is 0. The second-order valence-electron chi connectivity index (χ2n) is 4.91. The second kappa shape index (κ2) is 6.68. The van der Waals surface area contributed by atoms with Gasteiger partial charge in [-0.05, 0) is 19.4 Å². The van der Waals surface area contributed by atoms with Crippen LogP contribution in [0.2, 0.25) is 0 Å². The number of likely N-dealkylation sites (N-methyl/N-ethyl adjacent to an activating group) is 1. The fourth-order valence-corrected chi connectivity index (χ4v) is 3.58. The van der Waals surface area contributed by atoms with Gasteiger partial charge in [-0.2, -0.15) is 4.31 Å². The van der Waals surface area contributed by atoms with Gasteiger partial charge in [0.25, 0.3) is 0 Å². The Morgan fingerprint density at radius 2 is 2.18 bits per heavy atom. The van der Waals surface area contributed by atoms with E-state index in [1.165, 1.54) is 0 Å². The Labute approximate surface area is 105 Å². The van der Waals surface area contributed by atoms with Crippen LogP contribution in [0, 0.1) is 5.92 Å². The molecule has 6 heteroatoms. The van der Waals surface area contributed by atoms with E-state index >= 15 is 0 Å². The number of sulfonamides is 1. The van der Waals surface area contributed by atoms with Gasteiger partial charge >= 0.3 is 0 Å². The minimum absolute atomic E-state index is 0.0254. The van der Waals surface area contributed by atoms with E-state index in [1.807, 2.05) is 20.9 Å². The molecule has 0 aromatic carbocycles. The van der Waals surface area contributed by atoms with Crippen LogP contribution in [0.25, 0.3) is 0 Å². The zero-order valence-corrected chi connectivity index (χ0v) is 11.8. The van der Waals surface area contributed by atoms with Crippen LogP contribution in [-0.2, 0) is 14.8 Å². The molecule has 1 heterocycles. The standard InChI is InChI=1S/C11H24N2O3S/c1-10(2)4-7-17(14,15)13-5-6-16-11(9-13)8-12-3/h10-12H,4-9H2,1-3H3. The summed E-state index contributed by atoms with van der Waals surface area (Å²) in [5, 5.41) is 3.01. The number of nitrogens with zero attached hydrogens (tertiary/aromatic N) is 1. The average Bonchev–Trinajstić information content (AvgIpc) is 2.27. The van der Waals surface area contributed by atoms with Crippen molar-refractivity contribution < 1.29 is 13.2 Å². The fourth-order valence-electron chi connectivity index (χ4n) is 1.81. The van der Waals surface area contributed by atoms with Crippen molar-refractivity contribution >= 4 is 10.0 Å². The molecule has 1 rings (SSSR count). The summed E-state index contributed by atoms with van der Waals surface area (Å²) in [5.41, 5.74) is 0. The van der Waals surface area contributed by atoms with E-state index in [0.29, 0.717) is 32.2 Å². The summed E-state index contributed by atoms with van der Waals surface area (Å²) in [7, 11) is -1.26. The van der Waals surface area contributed by atoms with Crippen LogP contribution >= 0.6 is 0 Å². The molecular weight excluding hydrogens is 240 g/mol. The molecule has 1 fully saturated rings. The van der Waals surface area contributed by atoms with Crippen molar-refractivity contribution in [3.05, 3.63) is 0 Å². The molecule has 0 radical (unpaired) electrons. The molecule has 17 heavy (non-hydrogen) atoms. The van der Waals surface area contributed by atoms with Crippen molar-refractivity contribution in [3.63, 3.8) is 0 Å². The fraction of sp³-hybridized carbons (Fsp3) is 1.00. The molecule has 102 valence electrons. The van der Waals surface area contributed by atoms with Crippen LogP contribution in [0.5, 0.6) is 0 Å². The lowest BCUT2D eigenvalue weighted by Crippen LogP contribution is -2.49. The highest BCUT2D eigenvalue weighted by Gasteiger charge is 2.28. The minimum Gasteiger partial charge on any atom is -0.374 e. The Bertz CT molecular complexity index is 315. The first-order chi connectivity index (χ1) is 7.95. The first-order valence-corrected chi connectivity index (χ1v) is 7.80. The van der Waals surface area contributed by atoms with Crippen LogP contribution in [0.1, 0.15) is 20.3 Å². The molecule has 0 aromatic rings. The van der Waals surface area contributed by atoms with E-state index in [-0.39, 0.29) is 11.9 Å². The molecule has 0 spiro atoms. The van der Waals surface area contributed by atoms with Crippen molar-refractivity contribution in [2.24, 2.45) is 5.92 Å². The third-order valence-corrected chi connectivity index (χ3v) is 4.75. The van der Waals surface area contributed by atoms with Crippen molar-refractivity contribution in [2.75, 3.05) is 39.0 Å². The van der Waals surface area contributed by atoms with Crippen LogP contribution in [-0.4, -0.2) is 57.9 Å². The topological polar surface area (TPSA) is 58.6 Å². The first-order valence-electron chi connectivity index (χ1n) is 6.19. The zero-order chi connectivity index (χ0) is 12.9. The van der Waals surface area contributed by atoms with Crippen molar-refractivity contribution in [2.45, 2.75) is 26.4 Å². The number of ether oxygens (including phenoxy) is 1. The molecular formula is C11H24N2O3S. The quantitative estimate of drug-likeness (QED) is 0.749. The largest absolute Gasteiger partial charge is 0.374 e. The third kappa shape index (κ3) is 4.91. The number of rotatable bonds is 6. The SMILES string of the molecule is CNCC1CN(S(=O)(=O)CCC(C)C)CCO1. The van der Waals surface area contributed by atoms with E-state index in [0.717, 1.165) is 6.42 Å².